The standard InChI is InChI=1S/C12H13ClN4/c13-8-12(14)16-11-5-2-1-4-10(11)9-17-7-3-6-15-17/h1-7H,8-9H2,(H2,14,16). The minimum absolute atomic E-state index is 0.232. The van der Waals surface area contributed by atoms with Crippen LogP contribution in [0.5, 0.6) is 0 Å². The number of alkyl halides is 1. The van der Waals surface area contributed by atoms with Crippen molar-refractivity contribution >= 4 is 23.1 Å². The zero-order chi connectivity index (χ0) is 12.1. The zero-order valence-corrected chi connectivity index (χ0v) is 10.0. The van der Waals surface area contributed by atoms with Gasteiger partial charge in [-0.15, -0.1) is 11.6 Å². The van der Waals surface area contributed by atoms with Crippen molar-refractivity contribution in [2.24, 2.45) is 10.7 Å². The summed E-state index contributed by atoms with van der Waals surface area (Å²) in [4.78, 5) is 4.28. The molecule has 0 unspecified atom stereocenters. The van der Waals surface area contributed by atoms with Gasteiger partial charge in [-0.25, -0.2) is 4.99 Å². The van der Waals surface area contributed by atoms with Crippen molar-refractivity contribution in [3.8, 4) is 0 Å². The average molecular weight is 249 g/mol. The normalized spacial score (nSPS) is 11.7. The number of hydrogen-bond acceptors (Lipinski definition) is 2. The fraction of sp³-hybridized carbons (Fsp3) is 0.167. The van der Waals surface area contributed by atoms with Gasteiger partial charge in [0.2, 0.25) is 0 Å². The Morgan fingerprint density at radius 3 is 2.88 bits per heavy atom. The molecule has 2 N–H and O–H groups in total. The van der Waals surface area contributed by atoms with Crippen LogP contribution in [0.15, 0.2) is 47.7 Å². The maximum Gasteiger partial charge on any atom is 0.115 e. The topological polar surface area (TPSA) is 56.2 Å². The second-order valence-electron chi connectivity index (χ2n) is 3.57. The Hall–Kier alpha value is -1.81. The highest BCUT2D eigenvalue weighted by Gasteiger charge is 2.02. The lowest BCUT2D eigenvalue weighted by Crippen LogP contribution is -2.12. The molecule has 0 fully saturated rings. The van der Waals surface area contributed by atoms with E-state index in [-0.39, 0.29) is 5.88 Å². The molecule has 1 aromatic carbocycles. The molecule has 0 spiro atoms. The van der Waals surface area contributed by atoms with Crippen molar-refractivity contribution in [2.75, 3.05) is 5.88 Å². The molecule has 2 aromatic rings. The molecule has 0 aliphatic rings. The third-order valence-electron chi connectivity index (χ3n) is 2.28. The van der Waals surface area contributed by atoms with Gasteiger partial charge in [-0.2, -0.15) is 5.10 Å². The molecule has 0 aliphatic heterocycles. The Labute approximate surface area is 105 Å². The summed E-state index contributed by atoms with van der Waals surface area (Å²) in [5.41, 5.74) is 7.54. The van der Waals surface area contributed by atoms with Crippen LogP contribution in [0, 0.1) is 0 Å². The van der Waals surface area contributed by atoms with Crippen molar-refractivity contribution < 1.29 is 0 Å². The van der Waals surface area contributed by atoms with Crippen molar-refractivity contribution in [2.45, 2.75) is 6.54 Å². The number of hydrogen-bond donors (Lipinski definition) is 1. The van der Waals surface area contributed by atoms with Crippen molar-refractivity contribution in [3.63, 3.8) is 0 Å². The highest BCUT2D eigenvalue weighted by molar-refractivity contribution is 6.28. The quantitative estimate of drug-likeness (QED) is 0.512. The van der Waals surface area contributed by atoms with Crippen LogP contribution in [0.4, 0.5) is 5.69 Å². The van der Waals surface area contributed by atoms with E-state index < -0.39 is 0 Å². The Morgan fingerprint density at radius 2 is 2.18 bits per heavy atom. The number of aromatic nitrogens is 2. The van der Waals surface area contributed by atoms with Crippen molar-refractivity contribution in [3.05, 3.63) is 48.3 Å². The van der Waals surface area contributed by atoms with E-state index in [2.05, 4.69) is 10.1 Å². The van der Waals surface area contributed by atoms with Crippen LogP contribution in [-0.2, 0) is 6.54 Å². The first-order valence-electron chi connectivity index (χ1n) is 5.24. The van der Waals surface area contributed by atoms with Gasteiger partial charge in [-0.1, -0.05) is 18.2 Å². The zero-order valence-electron chi connectivity index (χ0n) is 9.25. The summed E-state index contributed by atoms with van der Waals surface area (Å²) in [6.45, 7) is 0.669. The summed E-state index contributed by atoms with van der Waals surface area (Å²) < 4.78 is 1.84. The first-order chi connectivity index (χ1) is 8.29. The molecular formula is C12H13ClN4. The number of para-hydroxylation sites is 1. The number of nitrogens with two attached hydrogens (primary N) is 1. The molecule has 0 saturated heterocycles. The first kappa shape index (κ1) is 11.7. The van der Waals surface area contributed by atoms with E-state index in [1.807, 2.05) is 41.2 Å². The second-order valence-corrected chi connectivity index (χ2v) is 3.84. The molecule has 4 nitrogen and oxygen atoms in total. The molecule has 0 bridgehead atoms. The summed E-state index contributed by atoms with van der Waals surface area (Å²) in [6.07, 6.45) is 3.66. The number of aliphatic imine (C=N–C) groups is 1. The van der Waals surface area contributed by atoms with E-state index in [9.17, 15) is 0 Å². The van der Waals surface area contributed by atoms with Gasteiger partial charge in [-0.3, -0.25) is 4.68 Å². The summed E-state index contributed by atoms with van der Waals surface area (Å²) >= 11 is 5.62. The lowest BCUT2D eigenvalue weighted by atomic mass is 10.2. The smallest absolute Gasteiger partial charge is 0.115 e. The first-order valence-corrected chi connectivity index (χ1v) is 5.77. The molecule has 2 rings (SSSR count). The van der Waals surface area contributed by atoms with Gasteiger partial charge in [0.1, 0.15) is 5.84 Å². The average Bonchev–Trinajstić information content (AvgIpc) is 2.84. The number of rotatable bonds is 4. The van der Waals surface area contributed by atoms with E-state index in [0.29, 0.717) is 12.4 Å². The molecule has 0 radical (unpaired) electrons. The molecule has 1 aromatic heterocycles. The number of benzene rings is 1. The number of nitrogens with zero attached hydrogens (tertiary/aromatic N) is 3. The van der Waals surface area contributed by atoms with Crippen LogP contribution in [0.1, 0.15) is 5.56 Å². The van der Waals surface area contributed by atoms with Crippen LogP contribution in [0.2, 0.25) is 0 Å². The number of amidine groups is 1. The molecule has 0 saturated carbocycles. The molecule has 5 heteroatoms. The van der Waals surface area contributed by atoms with Crippen molar-refractivity contribution in [1.82, 2.24) is 9.78 Å². The molecule has 1 heterocycles. The predicted molar refractivity (Wildman–Crippen MR) is 69.8 cm³/mol. The predicted octanol–water partition coefficient (Wildman–Crippen LogP) is 2.16. The van der Waals surface area contributed by atoms with Gasteiger partial charge in [-0.05, 0) is 17.7 Å². The van der Waals surface area contributed by atoms with Crippen LogP contribution >= 0.6 is 11.6 Å². The van der Waals surface area contributed by atoms with Crippen LogP contribution in [0.25, 0.3) is 0 Å². The van der Waals surface area contributed by atoms with E-state index in [1.54, 1.807) is 6.20 Å². The maximum atomic E-state index is 5.64. The number of halogens is 1. The van der Waals surface area contributed by atoms with E-state index >= 15 is 0 Å². The second kappa shape index (κ2) is 5.50. The summed E-state index contributed by atoms with van der Waals surface area (Å²) in [7, 11) is 0. The van der Waals surface area contributed by atoms with Crippen LogP contribution in [0.3, 0.4) is 0 Å². The van der Waals surface area contributed by atoms with Gasteiger partial charge in [0.15, 0.2) is 0 Å². The lowest BCUT2D eigenvalue weighted by Gasteiger charge is -2.06. The minimum atomic E-state index is 0.232. The Morgan fingerprint density at radius 1 is 1.35 bits per heavy atom. The van der Waals surface area contributed by atoms with E-state index in [0.717, 1.165) is 11.3 Å². The third kappa shape index (κ3) is 3.07. The maximum absolute atomic E-state index is 5.64. The van der Waals surface area contributed by atoms with Gasteiger partial charge in [0, 0.05) is 12.4 Å². The van der Waals surface area contributed by atoms with Crippen LogP contribution in [-0.4, -0.2) is 21.5 Å². The highest BCUT2D eigenvalue weighted by Crippen LogP contribution is 2.19. The van der Waals surface area contributed by atoms with Gasteiger partial charge in [0.05, 0.1) is 18.1 Å². The van der Waals surface area contributed by atoms with E-state index in [1.165, 1.54) is 0 Å². The molecule has 88 valence electrons. The fourth-order valence-corrected chi connectivity index (χ4v) is 1.57. The van der Waals surface area contributed by atoms with Gasteiger partial charge >= 0.3 is 0 Å². The van der Waals surface area contributed by atoms with Crippen LogP contribution < -0.4 is 5.73 Å². The molecule has 17 heavy (non-hydrogen) atoms. The molecule has 0 aliphatic carbocycles. The summed E-state index contributed by atoms with van der Waals surface area (Å²) in [5, 5.41) is 4.16. The Balaban J connectivity index is 2.28. The van der Waals surface area contributed by atoms with Crippen molar-refractivity contribution in [1.29, 1.82) is 0 Å². The van der Waals surface area contributed by atoms with Gasteiger partial charge in [0.25, 0.3) is 0 Å². The molecule has 0 amide bonds. The fourth-order valence-electron chi connectivity index (χ4n) is 1.51. The monoisotopic (exact) mass is 248 g/mol. The summed E-state index contributed by atoms with van der Waals surface area (Å²) in [6, 6.07) is 9.70. The summed E-state index contributed by atoms with van der Waals surface area (Å²) in [5.74, 6) is 0.649. The highest BCUT2D eigenvalue weighted by atomic mass is 35.5. The lowest BCUT2D eigenvalue weighted by molar-refractivity contribution is 0.687. The Bertz CT molecular complexity index is 505. The third-order valence-corrected chi connectivity index (χ3v) is 2.56. The SMILES string of the molecule is NC(CCl)=Nc1ccccc1Cn1cccn1. The van der Waals surface area contributed by atoms with Gasteiger partial charge < -0.3 is 5.73 Å². The largest absolute Gasteiger partial charge is 0.386 e. The molecule has 0 atom stereocenters. The Kier molecular flexibility index (Phi) is 3.77. The minimum Gasteiger partial charge on any atom is -0.386 e. The van der Waals surface area contributed by atoms with E-state index in [4.69, 9.17) is 17.3 Å². The molecular weight excluding hydrogens is 236 g/mol.